The van der Waals surface area contributed by atoms with Gasteiger partial charge in [0.05, 0.1) is 0 Å². The molecular weight excluding hydrogens is 1430 g/mol. The molecule has 4 nitrogen and oxygen atoms in total. The molecule has 0 aliphatic heterocycles. The molecule has 0 unspecified atom stereocenters. The molecule has 0 fully saturated rings. The highest BCUT2D eigenvalue weighted by molar-refractivity contribution is 5.87. The van der Waals surface area contributed by atoms with Crippen LogP contribution in [0.15, 0.2) is 510 Å². The molecular formula is C114H84N4. The monoisotopic (exact) mass is 1510 g/mol. The van der Waals surface area contributed by atoms with Gasteiger partial charge in [-0.3, -0.25) is 0 Å². The number of hydrogen-bond acceptors (Lipinski definition) is 4. The van der Waals surface area contributed by atoms with E-state index >= 15 is 0 Å². The molecule has 0 aliphatic rings. The first kappa shape index (κ1) is 73.8. The van der Waals surface area contributed by atoms with E-state index in [9.17, 15) is 0 Å². The second-order valence-corrected chi connectivity index (χ2v) is 29.3. The van der Waals surface area contributed by atoms with Crippen LogP contribution in [0.1, 0.15) is 0 Å². The number of hydrogen-bond donors (Lipinski definition) is 0. The molecule has 19 rings (SSSR count). The quantitative estimate of drug-likeness (QED) is 0.0711. The second-order valence-electron chi connectivity index (χ2n) is 29.3. The van der Waals surface area contributed by atoms with Gasteiger partial charge in [0.25, 0.3) is 0 Å². The Labute approximate surface area is 693 Å². The maximum atomic E-state index is 2.31. The van der Waals surface area contributed by atoms with Crippen molar-refractivity contribution in [1.29, 1.82) is 0 Å². The van der Waals surface area contributed by atoms with Gasteiger partial charge in [0.2, 0.25) is 0 Å². The molecule has 0 radical (unpaired) electrons. The molecule has 560 valence electrons. The summed E-state index contributed by atoms with van der Waals surface area (Å²) in [7, 11) is 0. The van der Waals surface area contributed by atoms with Crippen molar-refractivity contribution in [2.24, 2.45) is 0 Å². The maximum absolute atomic E-state index is 2.31. The molecule has 0 aliphatic carbocycles. The molecule has 0 spiro atoms. The van der Waals surface area contributed by atoms with E-state index in [1.54, 1.807) is 0 Å². The molecule has 0 bridgehead atoms. The van der Waals surface area contributed by atoms with Crippen molar-refractivity contribution in [2.45, 2.75) is 0 Å². The number of rotatable bonds is 21. The lowest BCUT2D eigenvalue weighted by Crippen LogP contribution is -2.09. The summed E-state index contributed by atoms with van der Waals surface area (Å²) in [5.74, 6) is 0. The van der Waals surface area contributed by atoms with Crippen molar-refractivity contribution < 1.29 is 0 Å². The Bertz CT molecular complexity index is 6380. The van der Waals surface area contributed by atoms with Crippen molar-refractivity contribution in [3.63, 3.8) is 0 Å². The number of anilines is 12. The molecule has 0 saturated heterocycles. The maximum Gasteiger partial charge on any atom is 0.0462 e. The highest BCUT2D eigenvalue weighted by Gasteiger charge is 2.19. The molecule has 19 aromatic carbocycles. The SMILES string of the molecule is c1ccc(-c2ccc(N(c3ccccc3)c3ccc(-c4ccc(-c5cccc(-c6ccc(N(c7ccccc7)c7ccc(-c8ccccc8)cc7)cc6)c5)cc4)cc3)cc2)cc1.c1ccc(-c2ccc(N(c3ccccc3)c3ccc(-c4cccc(-c5cccc(-c6ccc(N(c7ccccc7)c7ccccc7)cc6)c5)c4)cc3)cc2)cc1. The third-order valence-corrected chi connectivity index (χ3v) is 21.7. The van der Waals surface area contributed by atoms with E-state index < -0.39 is 0 Å². The third-order valence-electron chi connectivity index (χ3n) is 21.7. The van der Waals surface area contributed by atoms with Crippen LogP contribution in [0.4, 0.5) is 68.2 Å². The first-order valence-electron chi connectivity index (χ1n) is 40.3. The molecule has 4 heteroatoms. The van der Waals surface area contributed by atoms with Crippen LogP contribution in [-0.2, 0) is 0 Å². The Hall–Kier alpha value is -15.6. The molecule has 0 saturated carbocycles. The normalized spacial score (nSPS) is 10.9. The average Bonchev–Trinajstić information content (AvgIpc) is 0.807. The van der Waals surface area contributed by atoms with Crippen molar-refractivity contribution in [3.8, 4) is 100 Å². The molecule has 0 amide bonds. The topological polar surface area (TPSA) is 13.0 Å². The zero-order chi connectivity index (χ0) is 79.0. The fourth-order valence-electron chi connectivity index (χ4n) is 15.7. The van der Waals surface area contributed by atoms with Gasteiger partial charge in [-0.25, -0.2) is 0 Å². The van der Waals surface area contributed by atoms with E-state index in [0.717, 1.165) is 68.2 Å². The van der Waals surface area contributed by atoms with E-state index in [4.69, 9.17) is 0 Å². The summed E-state index contributed by atoms with van der Waals surface area (Å²) in [6.45, 7) is 0. The lowest BCUT2D eigenvalue weighted by molar-refractivity contribution is 1.28. The van der Waals surface area contributed by atoms with Crippen LogP contribution in [-0.4, -0.2) is 0 Å². The Morgan fingerprint density at radius 3 is 0.339 bits per heavy atom. The van der Waals surface area contributed by atoms with Gasteiger partial charge in [0.1, 0.15) is 0 Å². The Morgan fingerprint density at radius 2 is 0.178 bits per heavy atom. The predicted molar refractivity (Wildman–Crippen MR) is 501 cm³/mol. The van der Waals surface area contributed by atoms with Crippen LogP contribution in [0.3, 0.4) is 0 Å². The minimum absolute atomic E-state index is 1.11. The molecule has 0 heterocycles. The van der Waals surface area contributed by atoms with E-state index in [2.05, 4.69) is 529 Å². The van der Waals surface area contributed by atoms with E-state index in [0.29, 0.717) is 0 Å². The van der Waals surface area contributed by atoms with Gasteiger partial charge in [-0.05, 0) is 264 Å². The first-order chi connectivity index (χ1) is 58.5. The zero-order valence-corrected chi connectivity index (χ0v) is 65.3. The van der Waals surface area contributed by atoms with Gasteiger partial charge in [-0.2, -0.15) is 0 Å². The number of benzene rings is 19. The van der Waals surface area contributed by atoms with E-state index in [1.165, 1.54) is 100 Å². The van der Waals surface area contributed by atoms with Crippen LogP contribution in [0.2, 0.25) is 0 Å². The fourth-order valence-corrected chi connectivity index (χ4v) is 15.7. The number of nitrogens with zero attached hydrogens (tertiary/aromatic N) is 4. The Kier molecular flexibility index (Phi) is 22.0. The molecule has 0 N–H and O–H groups in total. The van der Waals surface area contributed by atoms with Gasteiger partial charge < -0.3 is 19.6 Å². The summed E-state index contributed by atoms with van der Waals surface area (Å²) in [6, 6.07) is 182. The highest BCUT2D eigenvalue weighted by Crippen LogP contribution is 2.43. The second kappa shape index (κ2) is 35.2. The average molecular weight is 1510 g/mol. The van der Waals surface area contributed by atoms with Gasteiger partial charge in [-0.15, -0.1) is 0 Å². The van der Waals surface area contributed by atoms with Crippen molar-refractivity contribution in [3.05, 3.63) is 510 Å². The first-order valence-corrected chi connectivity index (χ1v) is 40.3. The summed E-state index contributed by atoms with van der Waals surface area (Å²) in [5, 5.41) is 0. The molecule has 118 heavy (non-hydrogen) atoms. The molecule has 19 aromatic rings. The molecule has 0 atom stereocenters. The van der Waals surface area contributed by atoms with Crippen molar-refractivity contribution in [2.75, 3.05) is 19.6 Å². The summed E-state index contributed by atoms with van der Waals surface area (Å²) in [6.07, 6.45) is 0. The van der Waals surface area contributed by atoms with Gasteiger partial charge in [-0.1, -0.05) is 346 Å². The van der Waals surface area contributed by atoms with Crippen molar-refractivity contribution >= 4 is 68.2 Å². The minimum atomic E-state index is 1.11. The van der Waals surface area contributed by atoms with Gasteiger partial charge in [0, 0.05) is 68.2 Å². The van der Waals surface area contributed by atoms with Gasteiger partial charge in [0.15, 0.2) is 0 Å². The standard InChI is InChI=1S/C60H44N2.C54H40N2/c1-5-14-45(15-6-1)48-28-36-57(37-29-48)61(55-20-9-3-10-21-55)59-40-32-50(33-41-59)47-24-26-51(27-25-47)53-18-13-19-54(44-53)52-34-42-60(43-35-52)62(56-22-11-4-12-23-56)58-38-30-49(31-39-58)46-16-7-2-8-17-46;1-5-15-41(16-6-1)42-27-33-53(34-28-42)56(51-25-11-4-12-26-51)54-37-31-44(32-38-54)46-18-14-20-48(40-46)47-19-13-17-45(39-47)43-29-35-52(36-30-43)55(49-21-7-2-8-22-49)50-23-9-3-10-24-50/h1-44H;1-40H. The Balaban J connectivity index is 0.000000163. The number of para-hydroxylation sites is 5. The third kappa shape index (κ3) is 16.9. The lowest BCUT2D eigenvalue weighted by atomic mass is 9.96. The van der Waals surface area contributed by atoms with Gasteiger partial charge >= 0.3 is 0 Å². The summed E-state index contributed by atoms with van der Waals surface area (Å²) in [4.78, 5) is 9.23. The minimum Gasteiger partial charge on any atom is -0.311 e. The van der Waals surface area contributed by atoms with Crippen LogP contribution in [0.5, 0.6) is 0 Å². The fraction of sp³-hybridized carbons (Fsp3) is 0. The van der Waals surface area contributed by atoms with E-state index in [-0.39, 0.29) is 0 Å². The largest absolute Gasteiger partial charge is 0.311 e. The smallest absolute Gasteiger partial charge is 0.0462 e. The Morgan fingerprint density at radius 1 is 0.0763 bits per heavy atom. The zero-order valence-electron chi connectivity index (χ0n) is 65.3. The van der Waals surface area contributed by atoms with E-state index in [1.807, 2.05) is 0 Å². The van der Waals surface area contributed by atoms with Crippen molar-refractivity contribution in [1.82, 2.24) is 0 Å². The summed E-state index contributed by atoms with van der Waals surface area (Å²) >= 11 is 0. The van der Waals surface area contributed by atoms with Crippen LogP contribution >= 0.6 is 0 Å². The highest BCUT2D eigenvalue weighted by atomic mass is 15.2. The summed E-state index contributed by atoms with van der Waals surface area (Å²) in [5.41, 5.74) is 34.9. The van der Waals surface area contributed by atoms with Crippen LogP contribution in [0, 0.1) is 0 Å². The van der Waals surface area contributed by atoms with Crippen LogP contribution in [0.25, 0.3) is 100 Å². The lowest BCUT2D eigenvalue weighted by Gasteiger charge is -2.26. The summed E-state index contributed by atoms with van der Waals surface area (Å²) < 4.78 is 0. The molecule has 0 aromatic heterocycles. The van der Waals surface area contributed by atoms with Crippen LogP contribution < -0.4 is 19.6 Å². The predicted octanol–water partition coefficient (Wildman–Crippen LogP) is 32.3.